The molecule has 5 rings (SSSR count). The fourth-order valence-electron chi connectivity index (χ4n) is 5.87. The second kappa shape index (κ2) is 15.0. The molecule has 1 amide bonds. The van der Waals surface area contributed by atoms with E-state index < -0.39 is 46.9 Å². The summed E-state index contributed by atoms with van der Waals surface area (Å²) in [5.41, 5.74) is -3.69. The Morgan fingerprint density at radius 2 is 1.57 bits per heavy atom. The topological polar surface area (TPSA) is 124 Å². The number of benzene rings is 1. The van der Waals surface area contributed by atoms with E-state index in [1.807, 2.05) is 0 Å². The van der Waals surface area contributed by atoms with Crippen molar-refractivity contribution in [2.45, 2.75) is 56.3 Å². The summed E-state index contributed by atoms with van der Waals surface area (Å²) >= 11 is 0. The van der Waals surface area contributed by atoms with Gasteiger partial charge in [0.1, 0.15) is 17.4 Å². The molecule has 2 aliphatic rings. The second-order valence-electron chi connectivity index (χ2n) is 11.7. The zero-order valence-corrected chi connectivity index (χ0v) is 26.6. The van der Waals surface area contributed by atoms with E-state index in [0.29, 0.717) is 50.2 Å². The quantitative estimate of drug-likeness (QED) is 0.279. The number of rotatable bonds is 12. The average molecular weight is 700 g/mol. The number of alkyl halides is 6. The monoisotopic (exact) mass is 699 g/mol. The summed E-state index contributed by atoms with van der Waals surface area (Å²) < 4.78 is 98.0. The van der Waals surface area contributed by atoms with Crippen molar-refractivity contribution in [2.75, 3.05) is 57.3 Å². The molecule has 0 saturated carbocycles. The Balaban J connectivity index is 1.18. The number of hydrogen-bond donors (Lipinski definition) is 1. The van der Waals surface area contributed by atoms with Crippen LogP contribution in [0.3, 0.4) is 0 Å². The zero-order valence-electron chi connectivity index (χ0n) is 26.6. The molecule has 4 heterocycles. The van der Waals surface area contributed by atoms with Crippen LogP contribution in [0.25, 0.3) is 0 Å². The first-order chi connectivity index (χ1) is 23.3. The van der Waals surface area contributed by atoms with E-state index in [-0.39, 0.29) is 37.7 Å². The predicted molar refractivity (Wildman–Crippen MR) is 163 cm³/mol. The van der Waals surface area contributed by atoms with E-state index in [0.717, 1.165) is 23.3 Å². The highest BCUT2D eigenvalue weighted by Crippen LogP contribution is 2.33. The first-order valence-electron chi connectivity index (χ1n) is 15.4. The van der Waals surface area contributed by atoms with Gasteiger partial charge >= 0.3 is 12.4 Å². The zero-order chi connectivity index (χ0) is 35.3. The van der Waals surface area contributed by atoms with Gasteiger partial charge in [0.25, 0.3) is 11.5 Å². The number of amides is 1. The first kappa shape index (κ1) is 35.8. The molecular weight excluding hydrogens is 664 g/mol. The lowest BCUT2D eigenvalue weighted by atomic mass is 10.0. The van der Waals surface area contributed by atoms with Crippen LogP contribution in [0.5, 0.6) is 5.75 Å². The molecule has 0 spiro atoms. The summed E-state index contributed by atoms with van der Waals surface area (Å²) in [5, 5.41) is 6.65. The molecule has 0 aliphatic carbocycles. The lowest BCUT2D eigenvalue weighted by molar-refractivity contribution is -0.140. The van der Waals surface area contributed by atoms with Gasteiger partial charge in [0.15, 0.2) is 0 Å². The number of ether oxygens (including phenoxy) is 3. The molecule has 0 bridgehead atoms. The number of methoxy groups -OCH3 is 2. The molecule has 49 heavy (non-hydrogen) atoms. The molecule has 0 radical (unpaired) electrons. The third-order valence-corrected chi connectivity index (χ3v) is 8.39. The summed E-state index contributed by atoms with van der Waals surface area (Å²) in [6.45, 7) is 0.773. The number of carbonyl (C=O) groups excluding carboxylic acids is 1. The summed E-state index contributed by atoms with van der Waals surface area (Å²) in [6.07, 6.45) is -6.53. The van der Waals surface area contributed by atoms with Crippen molar-refractivity contribution in [3.8, 4) is 5.75 Å². The minimum Gasteiger partial charge on any atom is -0.497 e. The highest BCUT2D eigenvalue weighted by atomic mass is 19.4. The van der Waals surface area contributed by atoms with Gasteiger partial charge in [-0.2, -0.15) is 31.4 Å². The Morgan fingerprint density at radius 1 is 0.898 bits per heavy atom. The number of anilines is 2. The first-order valence-corrected chi connectivity index (χ1v) is 15.4. The number of hydrogen-bond acceptors (Lipinski definition) is 10. The van der Waals surface area contributed by atoms with E-state index in [4.69, 9.17) is 14.2 Å². The molecule has 18 heteroatoms. The normalized spacial score (nSPS) is 18.2. The van der Waals surface area contributed by atoms with E-state index >= 15 is 0 Å². The maximum absolute atomic E-state index is 14.2. The van der Waals surface area contributed by atoms with Gasteiger partial charge in [0.05, 0.1) is 50.4 Å². The van der Waals surface area contributed by atoms with Crippen LogP contribution in [0.4, 0.5) is 38.0 Å². The minimum absolute atomic E-state index is 0.0959. The lowest BCUT2D eigenvalue weighted by Gasteiger charge is -2.36. The third-order valence-electron chi connectivity index (χ3n) is 8.39. The third kappa shape index (κ3) is 8.59. The minimum atomic E-state index is -5.00. The highest BCUT2D eigenvalue weighted by Gasteiger charge is 2.40. The fraction of sp³-hybridized carbons (Fsp3) is 0.516. The van der Waals surface area contributed by atoms with Crippen molar-refractivity contribution in [3.05, 3.63) is 69.9 Å². The van der Waals surface area contributed by atoms with E-state index in [9.17, 15) is 35.9 Å². The average Bonchev–Trinajstić information content (AvgIpc) is 3.44. The summed E-state index contributed by atoms with van der Waals surface area (Å²) in [5.74, 6) is 0.461. The Labute approximate surface area is 277 Å². The van der Waals surface area contributed by atoms with Crippen molar-refractivity contribution in [2.24, 2.45) is 0 Å². The maximum atomic E-state index is 14.2. The van der Waals surface area contributed by atoms with E-state index in [1.54, 1.807) is 34.1 Å². The Morgan fingerprint density at radius 3 is 2.16 bits per heavy atom. The Kier molecular flexibility index (Phi) is 11.0. The van der Waals surface area contributed by atoms with Crippen LogP contribution >= 0.6 is 0 Å². The van der Waals surface area contributed by atoms with Crippen molar-refractivity contribution in [1.29, 1.82) is 0 Å². The number of halogens is 6. The van der Waals surface area contributed by atoms with Crippen molar-refractivity contribution in [3.63, 3.8) is 0 Å². The second-order valence-corrected chi connectivity index (χ2v) is 11.7. The van der Waals surface area contributed by atoms with Crippen molar-refractivity contribution < 1.29 is 45.3 Å². The number of nitrogens with one attached hydrogen (secondary N) is 1. The van der Waals surface area contributed by atoms with Gasteiger partial charge in [0, 0.05) is 51.6 Å². The molecule has 1 aromatic carbocycles. The van der Waals surface area contributed by atoms with Crippen LogP contribution in [0, 0.1) is 0 Å². The van der Waals surface area contributed by atoms with Crippen LogP contribution in [-0.2, 0) is 33.2 Å². The maximum Gasteiger partial charge on any atom is 0.423 e. The molecule has 2 fully saturated rings. The van der Waals surface area contributed by atoms with Gasteiger partial charge in [-0.05, 0) is 30.5 Å². The lowest BCUT2D eigenvalue weighted by Crippen LogP contribution is -2.47. The number of nitrogens with zero attached hydrogens (tertiary/aromatic N) is 6. The number of piperidine rings is 1. The molecule has 2 aromatic heterocycles. The van der Waals surface area contributed by atoms with Gasteiger partial charge in [-0.1, -0.05) is 12.1 Å². The number of aromatic nitrogens is 4. The number of carbonyl (C=O) groups is 1. The van der Waals surface area contributed by atoms with Crippen LogP contribution in [-0.4, -0.2) is 95.8 Å². The van der Waals surface area contributed by atoms with Crippen molar-refractivity contribution in [1.82, 2.24) is 24.6 Å². The highest BCUT2D eigenvalue weighted by molar-refractivity contribution is 5.83. The summed E-state index contributed by atoms with van der Waals surface area (Å²) in [4.78, 5) is 37.4. The molecule has 2 aliphatic heterocycles. The molecule has 12 nitrogen and oxygen atoms in total. The van der Waals surface area contributed by atoms with Gasteiger partial charge < -0.3 is 29.3 Å². The Hall–Kier alpha value is -4.45. The SMILES string of the molecule is COC[C@@H](COC1CCN(C2CCN(c3ncc(C(F)(F)F)cn3)CC2)C1=O)Nc1cnn(Cc2ccc(OC)cc2)c(=O)c1C(F)(F)F. The molecule has 266 valence electrons. The number of likely N-dealkylation sites (tertiary alicyclic amines) is 1. The van der Waals surface area contributed by atoms with Crippen molar-refractivity contribution >= 4 is 17.5 Å². The molecule has 2 saturated heterocycles. The van der Waals surface area contributed by atoms with Crippen LogP contribution < -0.4 is 20.5 Å². The molecule has 2 atom stereocenters. The standard InChI is InChI=1S/C31H35F6N7O5/c1-47-17-21(41-24-15-40-44(28(46)26(24)31(35,36)37)16-19-3-5-23(48-2)6-4-19)18-49-25-9-12-43(27(25)45)22-7-10-42(11-8-22)29-38-13-20(14-39-29)30(32,33)34/h3-6,13-15,21-22,25,41H,7-12,16-18H2,1-2H3/t21-,25?/m0/s1. The van der Waals surface area contributed by atoms with Gasteiger partial charge in [-0.25, -0.2) is 14.6 Å². The van der Waals surface area contributed by atoms with Crippen LogP contribution in [0.1, 0.15) is 36.0 Å². The van der Waals surface area contributed by atoms with Crippen LogP contribution in [0.2, 0.25) is 0 Å². The van der Waals surface area contributed by atoms with Crippen LogP contribution in [0.15, 0.2) is 47.7 Å². The smallest absolute Gasteiger partial charge is 0.423 e. The predicted octanol–water partition coefficient (Wildman–Crippen LogP) is 3.84. The molecule has 1 unspecified atom stereocenters. The molecule has 1 N–H and O–H groups in total. The molecule has 3 aromatic rings. The van der Waals surface area contributed by atoms with Gasteiger partial charge in [0.2, 0.25) is 5.95 Å². The van der Waals surface area contributed by atoms with Gasteiger partial charge in [-0.15, -0.1) is 0 Å². The van der Waals surface area contributed by atoms with E-state index in [1.165, 1.54) is 14.2 Å². The summed E-state index contributed by atoms with van der Waals surface area (Å²) in [7, 11) is 2.83. The van der Waals surface area contributed by atoms with Gasteiger partial charge in [-0.3, -0.25) is 9.59 Å². The van der Waals surface area contributed by atoms with E-state index in [2.05, 4.69) is 20.4 Å². The largest absolute Gasteiger partial charge is 0.497 e. The fourth-order valence-corrected chi connectivity index (χ4v) is 5.87. The molecular formula is C31H35F6N7O5. The summed E-state index contributed by atoms with van der Waals surface area (Å²) in [6, 6.07) is 5.48. The Bertz CT molecular complexity index is 1630.